The zero-order valence-corrected chi connectivity index (χ0v) is 13.2. The summed E-state index contributed by atoms with van der Waals surface area (Å²) in [6, 6.07) is 16.7. The molecular weight excluding hydrogens is 306 g/mol. The van der Waals surface area contributed by atoms with Gasteiger partial charge in [0.2, 0.25) is 5.88 Å². The zero-order valence-electron chi connectivity index (χ0n) is 13.2. The van der Waals surface area contributed by atoms with Crippen molar-refractivity contribution < 1.29 is 14.1 Å². The summed E-state index contributed by atoms with van der Waals surface area (Å²) < 4.78 is 10.3. The number of anilines is 1. The summed E-state index contributed by atoms with van der Waals surface area (Å²) in [4.78, 5) is 12.0. The molecule has 24 heavy (non-hydrogen) atoms. The number of urea groups is 1. The van der Waals surface area contributed by atoms with Crippen LogP contribution in [0.15, 0.2) is 65.3 Å². The molecule has 3 rings (SSSR count). The van der Waals surface area contributed by atoms with Crippen LogP contribution in [0.2, 0.25) is 0 Å². The summed E-state index contributed by atoms with van der Waals surface area (Å²) in [6.45, 7) is 0.429. The van der Waals surface area contributed by atoms with Crippen LogP contribution in [0.5, 0.6) is 5.75 Å². The Morgan fingerprint density at radius 2 is 1.88 bits per heavy atom. The van der Waals surface area contributed by atoms with Gasteiger partial charge in [0.25, 0.3) is 0 Å². The van der Waals surface area contributed by atoms with E-state index >= 15 is 0 Å². The molecule has 1 aromatic heterocycles. The van der Waals surface area contributed by atoms with Crippen molar-refractivity contribution in [3.8, 4) is 16.9 Å². The van der Waals surface area contributed by atoms with Gasteiger partial charge in [-0.3, -0.25) is 5.32 Å². The zero-order chi connectivity index (χ0) is 16.8. The normalized spacial score (nSPS) is 10.2. The molecule has 0 fully saturated rings. The minimum Gasteiger partial charge on any atom is -0.497 e. The van der Waals surface area contributed by atoms with E-state index in [0.717, 1.165) is 16.9 Å². The van der Waals surface area contributed by atoms with Crippen molar-refractivity contribution in [3.05, 3.63) is 66.4 Å². The second-order valence-electron chi connectivity index (χ2n) is 5.09. The molecule has 0 radical (unpaired) electrons. The van der Waals surface area contributed by atoms with E-state index in [1.165, 1.54) is 0 Å². The van der Waals surface area contributed by atoms with Gasteiger partial charge in [-0.05, 0) is 23.3 Å². The van der Waals surface area contributed by atoms with Gasteiger partial charge in [-0.15, -0.1) is 0 Å². The Labute approximate surface area is 139 Å². The molecule has 0 saturated carbocycles. The van der Waals surface area contributed by atoms with Gasteiger partial charge in [-0.25, -0.2) is 4.79 Å². The largest absolute Gasteiger partial charge is 0.497 e. The number of amides is 2. The molecule has 0 spiro atoms. The summed E-state index contributed by atoms with van der Waals surface area (Å²) >= 11 is 0. The van der Waals surface area contributed by atoms with Crippen LogP contribution in [0.4, 0.5) is 10.7 Å². The van der Waals surface area contributed by atoms with E-state index in [1.807, 2.05) is 54.6 Å². The quantitative estimate of drug-likeness (QED) is 0.751. The monoisotopic (exact) mass is 323 g/mol. The highest BCUT2D eigenvalue weighted by atomic mass is 16.5. The summed E-state index contributed by atoms with van der Waals surface area (Å²) in [7, 11) is 1.61. The highest BCUT2D eigenvalue weighted by Crippen LogP contribution is 2.29. The van der Waals surface area contributed by atoms with Gasteiger partial charge < -0.3 is 14.6 Å². The minimum atomic E-state index is -0.356. The molecule has 0 aliphatic carbocycles. The number of hydrogen-bond acceptors (Lipinski definition) is 4. The van der Waals surface area contributed by atoms with Crippen LogP contribution in [0.1, 0.15) is 5.56 Å². The molecular formula is C18H17N3O3. The Bertz CT molecular complexity index is 798. The van der Waals surface area contributed by atoms with Gasteiger partial charge in [0.15, 0.2) is 0 Å². The third-order valence-corrected chi connectivity index (χ3v) is 3.49. The average Bonchev–Trinajstić information content (AvgIpc) is 3.09. The summed E-state index contributed by atoms with van der Waals surface area (Å²) in [6.07, 6.45) is 1.56. The van der Waals surface area contributed by atoms with E-state index in [-0.39, 0.29) is 6.03 Å². The number of nitrogens with one attached hydrogen (secondary N) is 2. The molecule has 2 amide bonds. The van der Waals surface area contributed by atoms with Crippen molar-refractivity contribution in [3.63, 3.8) is 0 Å². The fourth-order valence-electron chi connectivity index (χ4n) is 2.23. The van der Waals surface area contributed by atoms with Crippen molar-refractivity contribution >= 4 is 11.9 Å². The van der Waals surface area contributed by atoms with Crippen LogP contribution in [0.3, 0.4) is 0 Å². The van der Waals surface area contributed by atoms with E-state index < -0.39 is 0 Å². The smallest absolute Gasteiger partial charge is 0.321 e. The van der Waals surface area contributed by atoms with Crippen molar-refractivity contribution in [2.45, 2.75) is 6.54 Å². The molecule has 6 heteroatoms. The molecule has 0 aliphatic rings. The number of rotatable bonds is 5. The van der Waals surface area contributed by atoms with Crippen LogP contribution in [-0.4, -0.2) is 18.3 Å². The van der Waals surface area contributed by atoms with Crippen molar-refractivity contribution in [2.24, 2.45) is 0 Å². The Balaban J connectivity index is 1.65. The molecule has 122 valence electrons. The minimum absolute atomic E-state index is 0.297. The first kappa shape index (κ1) is 15.6. The highest BCUT2D eigenvalue weighted by molar-refractivity contribution is 5.92. The van der Waals surface area contributed by atoms with E-state index in [4.69, 9.17) is 9.26 Å². The third kappa shape index (κ3) is 3.73. The van der Waals surface area contributed by atoms with Crippen LogP contribution < -0.4 is 15.4 Å². The lowest BCUT2D eigenvalue weighted by Crippen LogP contribution is -2.28. The van der Waals surface area contributed by atoms with Gasteiger partial charge in [0.1, 0.15) is 5.75 Å². The van der Waals surface area contributed by atoms with Gasteiger partial charge in [0, 0.05) is 6.54 Å². The number of aromatic nitrogens is 1. The molecule has 0 unspecified atom stereocenters. The summed E-state index contributed by atoms with van der Waals surface area (Å²) in [5, 5.41) is 9.22. The maximum atomic E-state index is 12.0. The lowest BCUT2D eigenvalue weighted by Gasteiger charge is -2.07. The van der Waals surface area contributed by atoms with E-state index in [2.05, 4.69) is 15.8 Å². The number of hydrogen-bond donors (Lipinski definition) is 2. The van der Waals surface area contributed by atoms with Gasteiger partial charge in [-0.1, -0.05) is 47.6 Å². The average molecular weight is 323 g/mol. The Hall–Kier alpha value is -3.28. The third-order valence-electron chi connectivity index (χ3n) is 3.49. The van der Waals surface area contributed by atoms with Crippen LogP contribution >= 0.6 is 0 Å². The molecule has 0 aliphatic heterocycles. The second kappa shape index (κ2) is 7.32. The van der Waals surface area contributed by atoms with Crippen LogP contribution in [0, 0.1) is 0 Å². The lowest BCUT2D eigenvalue weighted by molar-refractivity contribution is 0.251. The Morgan fingerprint density at radius 1 is 1.12 bits per heavy atom. The molecule has 2 N–H and O–H groups in total. The number of ether oxygens (including phenoxy) is 1. The topological polar surface area (TPSA) is 76.4 Å². The van der Waals surface area contributed by atoms with Crippen LogP contribution in [-0.2, 0) is 6.54 Å². The summed E-state index contributed by atoms with van der Waals surface area (Å²) in [5.41, 5.74) is 2.59. The van der Waals surface area contributed by atoms with E-state index in [9.17, 15) is 4.79 Å². The molecule has 0 saturated heterocycles. The molecule has 0 atom stereocenters. The standard InChI is InChI=1S/C18H17N3O3/c1-23-15-9-7-14(8-10-15)16-12-20-24-17(16)21-18(22)19-11-13-5-3-2-4-6-13/h2-10,12H,11H2,1H3,(H2,19,21,22). The van der Waals surface area contributed by atoms with E-state index in [0.29, 0.717) is 18.0 Å². The number of carbonyl (C=O) groups excluding carboxylic acids is 1. The number of carbonyl (C=O) groups is 1. The fourth-order valence-corrected chi connectivity index (χ4v) is 2.23. The van der Waals surface area contributed by atoms with Crippen molar-refractivity contribution in [1.82, 2.24) is 10.5 Å². The predicted octanol–water partition coefficient (Wildman–Crippen LogP) is 3.67. The molecule has 3 aromatic rings. The first-order chi connectivity index (χ1) is 11.8. The van der Waals surface area contributed by atoms with Gasteiger partial charge >= 0.3 is 6.03 Å². The number of nitrogens with zero attached hydrogens (tertiary/aromatic N) is 1. The first-order valence-corrected chi connectivity index (χ1v) is 7.44. The van der Waals surface area contributed by atoms with E-state index in [1.54, 1.807) is 13.3 Å². The first-order valence-electron chi connectivity index (χ1n) is 7.44. The Morgan fingerprint density at radius 3 is 2.58 bits per heavy atom. The molecule has 2 aromatic carbocycles. The maximum Gasteiger partial charge on any atom is 0.321 e. The maximum absolute atomic E-state index is 12.0. The van der Waals surface area contributed by atoms with Gasteiger partial charge in [-0.2, -0.15) is 0 Å². The molecule has 0 bridgehead atoms. The number of benzene rings is 2. The lowest BCUT2D eigenvalue weighted by atomic mass is 10.1. The predicted molar refractivity (Wildman–Crippen MR) is 90.8 cm³/mol. The van der Waals surface area contributed by atoms with Crippen molar-refractivity contribution in [1.29, 1.82) is 0 Å². The SMILES string of the molecule is COc1ccc(-c2cnoc2NC(=O)NCc2ccccc2)cc1. The second-order valence-corrected chi connectivity index (χ2v) is 5.09. The highest BCUT2D eigenvalue weighted by Gasteiger charge is 2.13. The van der Waals surface area contributed by atoms with Crippen LogP contribution in [0.25, 0.3) is 11.1 Å². The van der Waals surface area contributed by atoms with Gasteiger partial charge in [0.05, 0.1) is 18.9 Å². The molecule has 1 heterocycles. The summed E-state index contributed by atoms with van der Waals surface area (Å²) in [5.74, 6) is 1.05. The Kier molecular flexibility index (Phi) is 4.76. The number of methoxy groups -OCH3 is 1. The fraction of sp³-hybridized carbons (Fsp3) is 0.111. The van der Waals surface area contributed by atoms with Crippen molar-refractivity contribution in [2.75, 3.05) is 12.4 Å². The molecule has 6 nitrogen and oxygen atoms in total.